The van der Waals surface area contributed by atoms with Crippen LogP contribution < -0.4 is 9.46 Å². The smallest absolute Gasteiger partial charge is 0.266 e. The summed E-state index contributed by atoms with van der Waals surface area (Å²) in [6.07, 6.45) is 4.30. The second-order valence-electron chi connectivity index (χ2n) is 7.53. The monoisotopic (exact) mass is 485 g/mol. The molecule has 0 saturated heterocycles. The number of hydrogen-bond donors (Lipinski definition) is 1. The van der Waals surface area contributed by atoms with Crippen LogP contribution in [0.5, 0.6) is 5.75 Å². The molecule has 0 amide bonds. The molecular weight excluding hydrogens is 465 g/mol. The third-order valence-electron chi connectivity index (χ3n) is 5.50. The topological polar surface area (TPSA) is 99.0 Å². The first-order chi connectivity index (χ1) is 14.8. The summed E-state index contributed by atoms with van der Waals surface area (Å²) >= 11 is 7.30. The second-order valence-corrected chi connectivity index (χ2v) is 10.4. The first kappa shape index (κ1) is 22.0. The van der Waals surface area contributed by atoms with Crippen LogP contribution in [-0.2, 0) is 17.1 Å². The molecule has 8 nitrogen and oxygen atoms in total. The van der Waals surface area contributed by atoms with Crippen LogP contribution in [0, 0.1) is 11.7 Å². The molecule has 166 valence electrons. The van der Waals surface area contributed by atoms with E-state index in [0.717, 1.165) is 48.4 Å². The zero-order chi connectivity index (χ0) is 22.2. The lowest BCUT2D eigenvalue weighted by molar-refractivity contribution is 0.0963. The van der Waals surface area contributed by atoms with Crippen LogP contribution in [0.4, 0.5) is 9.52 Å². The van der Waals surface area contributed by atoms with E-state index in [9.17, 15) is 12.8 Å². The van der Waals surface area contributed by atoms with E-state index in [0.29, 0.717) is 5.92 Å². The summed E-state index contributed by atoms with van der Waals surface area (Å²) in [4.78, 5) is -0.583. The molecule has 1 fully saturated rings. The third-order valence-corrected chi connectivity index (χ3v) is 7.88. The molecule has 2 aromatic heterocycles. The second kappa shape index (κ2) is 8.71. The maximum atomic E-state index is 14.8. The minimum absolute atomic E-state index is 0.0148. The molecule has 0 bridgehead atoms. The fraction of sp³-hybridized carbons (Fsp3) is 0.421. The van der Waals surface area contributed by atoms with Crippen molar-refractivity contribution in [2.75, 3.05) is 4.72 Å². The zero-order valence-electron chi connectivity index (χ0n) is 16.8. The number of sulfonamides is 1. The summed E-state index contributed by atoms with van der Waals surface area (Å²) < 4.78 is 50.1. The highest BCUT2D eigenvalue weighted by molar-refractivity contribution is 7.93. The van der Waals surface area contributed by atoms with E-state index in [-0.39, 0.29) is 27.9 Å². The molecule has 1 saturated carbocycles. The molecule has 31 heavy (non-hydrogen) atoms. The Balaban J connectivity index is 1.61. The summed E-state index contributed by atoms with van der Waals surface area (Å²) in [5.74, 6) is -0.450. The first-order valence-electron chi connectivity index (χ1n) is 9.69. The summed E-state index contributed by atoms with van der Waals surface area (Å²) in [7, 11) is -2.34. The van der Waals surface area contributed by atoms with Gasteiger partial charge in [0, 0.05) is 30.9 Å². The standard InChI is InChI=1S/C19H21ClFN5O3S2/c1-11-4-3-5-15(18(11)14-6-7-23-26(14)2)29-16-9-13(21)17(8-12(16)20)31(27,28)25-19-24-22-10-30-19/h6-11,15,18H,3-5H2,1-2H3,(H,24,25)/t11-,15+,18-/m1/s1. The quantitative estimate of drug-likeness (QED) is 0.561. The van der Waals surface area contributed by atoms with E-state index in [1.54, 1.807) is 6.20 Å². The predicted octanol–water partition coefficient (Wildman–Crippen LogP) is 4.22. The molecular formula is C19H21ClFN5O3S2. The number of aromatic nitrogens is 4. The van der Waals surface area contributed by atoms with Crippen LogP contribution >= 0.6 is 22.9 Å². The van der Waals surface area contributed by atoms with Gasteiger partial charge in [0.15, 0.2) is 0 Å². The van der Waals surface area contributed by atoms with Gasteiger partial charge in [-0.3, -0.25) is 9.40 Å². The number of nitrogens with one attached hydrogen (secondary N) is 1. The van der Waals surface area contributed by atoms with Gasteiger partial charge in [0.05, 0.1) is 5.02 Å². The van der Waals surface area contributed by atoms with Crippen molar-refractivity contribution in [1.82, 2.24) is 20.0 Å². The Labute approximate surface area is 188 Å². The van der Waals surface area contributed by atoms with Crippen molar-refractivity contribution in [2.45, 2.75) is 43.1 Å². The fourth-order valence-corrected chi connectivity index (χ4v) is 6.10. The van der Waals surface area contributed by atoms with Gasteiger partial charge in [-0.2, -0.15) is 5.10 Å². The van der Waals surface area contributed by atoms with Gasteiger partial charge in [0.1, 0.15) is 28.1 Å². The minimum atomic E-state index is -4.22. The Hall–Kier alpha value is -2.24. The first-order valence-corrected chi connectivity index (χ1v) is 12.4. The summed E-state index contributed by atoms with van der Waals surface area (Å²) in [6, 6.07) is 4.04. The Morgan fingerprint density at radius 3 is 2.84 bits per heavy atom. The van der Waals surface area contributed by atoms with Gasteiger partial charge in [-0.1, -0.05) is 29.9 Å². The van der Waals surface area contributed by atoms with E-state index in [1.165, 1.54) is 5.51 Å². The molecule has 0 unspecified atom stereocenters. The number of nitrogens with zero attached hydrogens (tertiary/aromatic N) is 4. The minimum Gasteiger partial charge on any atom is -0.488 e. The van der Waals surface area contributed by atoms with Gasteiger partial charge in [-0.25, -0.2) is 12.8 Å². The number of hydrogen-bond acceptors (Lipinski definition) is 7. The number of ether oxygens (including phenoxy) is 1. The van der Waals surface area contributed by atoms with Gasteiger partial charge in [0.2, 0.25) is 5.13 Å². The van der Waals surface area contributed by atoms with Crippen LogP contribution in [0.15, 0.2) is 34.8 Å². The molecule has 1 aliphatic rings. The Morgan fingerprint density at radius 2 is 2.16 bits per heavy atom. The Bertz CT molecular complexity index is 1170. The Morgan fingerprint density at radius 1 is 1.35 bits per heavy atom. The molecule has 3 atom stereocenters. The summed E-state index contributed by atoms with van der Waals surface area (Å²) in [6.45, 7) is 2.16. The normalized spacial score (nSPS) is 21.7. The molecule has 2 heterocycles. The van der Waals surface area contributed by atoms with Crippen molar-refractivity contribution in [3.8, 4) is 5.75 Å². The lowest BCUT2D eigenvalue weighted by Crippen LogP contribution is -2.35. The molecule has 12 heteroatoms. The lowest BCUT2D eigenvalue weighted by atomic mass is 9.76. The third kappa shape index (κ3) is 4.53. The van der Waals surface area contributed by atoms with Crippen LogP contribution in [0.25, 0.3) is 0 Å². The van der Waals surface area contributed by atoms with E-state index >= 15 is 0 Å². The number of anilines is 1. The van der Waals surface area contributed by atoms with Gasteiger partial charge in [-0.15, -0.1) is 10.2 Å². The largest absolute Gasteiger partial charge is 0.488 e. The molecule has 0 aliphatic heterocycles. The highest BCUT2D eigenvalue weighted by Crippen LogP contribution is 2.41. The highest BCUT2D eigenvalue weighted by atomic mass is 35.5. The van der Waals surface area contributed by atoms with Crippen molar-refractivity contribution in [3.05, 3.63) is 46.4 Å². The van der Waals surface area contributed by atoms with E-state index in [1.807, 2.05) is 17.8 Å². The van der Waals surface area contributed by atoms with Crippen LogP contribution in [0.3, 0.4) is 0 Å². The van der Waals surface area contributed by atoms with Gasteiger partial charge in [-0.05, 0) is 37.3 Å². The summed E-state index contributed by atoms with van der Waals surface area (Å²) in [5.41, 5.74) is 2.40. The van der Waals surface area contributed by atoms with Crippen LogP contribution in [0.2, 0.25) is 5.02 Å². The molecule has 0 radical (unpaired) electrons. The van der Waals surface area contributed by atoms with Gasteiger partial charge < -0.3 is 4.74 Å². The SMILES string of the molecule is C[C@@H]1CCC[C@H](Oc2cc(F)c(S(=O)(=O)Nc3nncs3)cc2Cl)[C@H]1c1ccnn1C. The van der Waals surface area contributed by atoms with Crippen LogP contribution in [-0.4, -0.2) is 34.5 Å². The Kier molecular flexibility index (Phi) is 6.18. The average Bonchev–Trinajstić information content (AvgIpc) is 3.36. The van der Waals surface area contributed by atoms with Crippen LogP contribution in [0.1, 0.15) is 37.8 Å². The number of aryl methyl sites for hydroxylation is 1. The van der Waals surface area contributed by atoms with Gasteiger partial charge >= 0.3 is 0 Å². The average molecular weight is 486 g/mol. The molecule has 4 rings (SSSR count). The lowest BCUT2D eigenvalue weighted by Gasteiger charge is -2.36. The predicted molar refractivity (Wildman–Crippen MR) is 116 cm³/mol. The van der Waals surface area contributed by atoms with Crippen molar-refractivity contribution < 1.29 is 17.5 Å². The van der Waals surface area contributed by atoms with E-state index in [4.69, 9.17) is 16.3 Å². The highest BCUT2D eigenvalue weighted by Gasteiger charge is 2.36. The molecule has 1 N–H and O–H groups in total. The van der Waals surface area contributed by atoms with E-state index < -0.39 is 20.7 Å². The number of benzene rings is 1. The maximum Gasteiger partial charge on any atom is 0.266 e. The molecule has 0 spiro atoms. The summed E-state index contributed by atoms with van der Waals surface area (Å²) in [5, 5.41) is 11.5. The number of halogens is 2. The zero-order valence-corrected chi connectivity index (χ0v) is 19.2. The number of rotatable bonds is 6. The van der Waals surface area contributed by atoms with Crippen molar-refractivity contribution in [1.29, 1.82) is 0 Å². The fourth-order valence-electron chi connectivity index (χ4n) is 4.05. The van der Waals surface area contributed by atoms with E-state index in [2.05, 4.69) is 26.9 Å². The molecule has 1 aromatic carbocycles. The van der Waals surface area contributed by atoms with Gasteiger partial charge in [0.25, 0.3) is 10.0 Å². The molecule has 3 aromatic rings. The molecule has 1 aliphatic carbocycles. The maximum absolute atomic E-state index is 14.8. The van der Waals surface area contributed by atoms with Crippen molar-refractivity contribution in [3.63, 3.8) is 0 Å². The van der Waals surface area contributed by atoms with Crippen molar-refractivity contribution >= 4 is 38.1 Å². The van der Waals surface area contributed by atoms with Crippen molar-refractivity contribution in [2.24, 2.45) is 13.0 Å².